The first-order valence-corrected chi connectivity index (χ1v) is 7.43. The second-order valence-corrected chi connectivity index (χ2v) is 5.67. The number of nitrogens with one attached hydrogen (secondary N) is 1. The molecule has 0 saturated carbocycles. The largest absolute Gasteiger partial charge is 0.472 e. The lowest BCUT2D eigenvalue weighted by Gasteiger charge is -2.24. The molecule has 20 heavy (non-hydrogen) atoms. The molecule has 2 aliphatic rings. The molecule has 0 aromatic rings. The standard InChI is InChI=1S/C12H17Cl2N3O3/c13-11(14)9(16-6-3-1-2-4-7-16)10(17(18)19)12-15-5-8-20-12/h15H,1-8H2. The molecule has 0 unspecified atom stereocenters. The van der Waals surface area contributed by atoms with Crippen LogP contribution < -0.4 is 5.32 Å². The van der Waals surface area contributed by atoms with Crippen LogP contribution in [0.25, 0.3) is 0 Å². The third-order valence-electron chi connectivity index (χ3n) is 3.36. The van der Waals surface area contributed by atoms with Gasteiger partial charge in [-0.1, -0.05) is 36.0 Å². The molecule has 2 saturated heterocycles. The van der Waals surface area contributed by atoms with Crippen LogP contribution in [0.5, 0.6) is 0 Å². The number of nitro groups is 1. The lowest BCUT2D eigenvalue weighted by molar-refractivity contribution is -0.426. The maximum Gasteiger partial charge on any atom is 0.353 e. The van der Waals surface area contributed by atoms with Crippen molar-refractivity contribution in [2.24, 2.45) is 0 Å². The number of likely N-dealkylation sites (tertiary alicyclic amines) is 1. The molecule has 2 fully saturated rings. The van der Waals surface area contributed by atoms with Crippen molar-refractivity contribution >= 4 is 23.2 Å². The van der Waals surface area contributed by atoms with Crippen molar-refractivity contribution in [1.82, 2.24) is 10.2 Å². The third-order valence-corrected chi connectivity index (χ3v) is 3.72. The van der Waals surface area contributed by atoms with E-state index in [1.54, 1.807) is 0 Å². The zero-order chi connectivity index (χ0) is 14.5. The predicted octanol–water partition coefficient (Wildman–Crippen LogP) is 2.57. The summed E-state index contributed by atoms with van der Waals surface area (Å²) in [7, 11) is 0. The van der Waals surface area contributed by atoms with E-state index in [0.29, 0.717) is 26.2 Å². The van der Waals surface area contributed by atoms with Crippen molar-refractivity contribution in [3.8, 4) is 0 Å². The number of halogens is 2. The van der Waals surface area contributed by atoms with Gasteiger partial charge in [0.05, 0.1) is 11.5 Å². The highest BCUT2D eigenvalue weighted by Gasteiger charge is 2.33. The molecule has 0 spiro atoms. The molecule has 0 radical (unpaired) electrons. The minimum atomic E-state index is -0.487. The zero-order valence-electron chi connectivity index (χ0n) is 11.0. The Labute approximate surface area is 127 Å². The second kappa shape index (κ2) is 7.04. The average molecular weight is 322 g/mol. The summed E-state index contributed by atoms with van der Waals surface area (Å²) >= 11 is 11.9. The first-order valence-electron chi connectivity index (χ1n) is 6.67. The predicted molar refractivity (Wildman–Crippen MR) is 76.7 cm³/mol. The van der Waals surface area contributed by atoms with E-state index in [4.69, 9.17) is 27.9 Å². The molecule has 112 valence electrons. The molecule has 6 nitrogen and oxygen atoms in total. The summed E-state index contributed by atoms with van der Waals surface area (Å²) in [5, 5.41) is 14.3. The minimum Gasteiger partial charge on any atom is -0.472 e. The highest BCUT2D eigenvalue weighted by molar-refractivity contribution is 6.56. The van der Waals surface area contributed by atoms with Crippen molar-refractivity contribution in [3.63, 3.8) is 0 Å². The van der Waals surface area contributed by atoms with E-state index in [1.807, 2.05) is 4.90 Å². The monoisotopic (exact) mass is 321 g/mol. The van der Waals surface area contributed by atoms with Gasteiger partial charge in [-0.25, -0.2) is 0 Å². The van der Waals surface area contributed by atoms with Crippen molar-refractivity contribution in [2.45, 2.75) is 25.7 Å². The smallest absolute Gasteiger partial charge is 0.353 e. The Hall–Kier alpha value is -1.14. The van der Waals surface area contributed by atoms with Gasteiger partial charge in [0.15, 0.2) is 5.70 Å². The minimum absolute atomic E-state index is 0.0941. The van der Waals surface area contributed by atoms with Gasteiger partial charge in [-0.3, -0.25) is 10.1 Å². The van der Waals surface area contributed by atoms with Crippen molar-refractivity contribution in [3.05, 3.63) is 31.9 Å². The van der Waals surface area contributed by atoms with Crippen LogP contribution in [-0.4, -0.2) is 36.1 Å². The number of hydrogen-bond donors (Lipinski definition) is 1. The molecular formula is C12H17Cl2N3O3. The number of hydrogen-bond acceptors (Lipinski definition) is 5. The van der Waals surface area contributed by atoms with Crippen molar-refractivity contribution in [2.75, 3.05) is 26.2 Å². The first-order chi connectivity index (χ1) is 9.61. The van der Waals surface area contributed by atoms with Gasteiger partial charge in [0.1, 0.15) is 11.1 Å². The maximum atomic E-state index is 11.4. The van der Waals surface area contributed by atoms with E-state index < -0.39 is 4.92 Å². The summed E-state index contributed by atoms with van der Waals surface area (Å²) in [5.74, 6) is 0.146. The molecule has 8 heteroatoms. The quantitative estimate of drug-likeness (QED) is 0.639. The van der Waals surface area contributed by atoms with Gasteiger partial charge in [-0.05, 0) is 12.8 Å². The lowest BCUT2D eigenvalue weighted by Crippen LogP contribution is -2.29. The number of rotatable bonds is 3. The Balaban J connectivity index is 2.38. The van der Waals surface area contributed by atoms with Crippen LogP contribution in [0.1, 0.15) is 25.7 Å². The summed E-state index contributed by atoms with van der Waals surface area (Å²) in [6, 6.07) is 0. The van der Waals surface area contributed by atoms with Gasteiger partial charge < -0.3 is 15.0 Å². The molecule has 0 atom stereocenters. The van der Waals surface area contributed by atoms with Crippen LogP contribution in [-0.2, 0) is 4.74 Å². The van der Waals surface area contributed by atoms with Gasteiger partial charge in [-0.15, -0.1) is 0 Å². The van der Waals surface area contributed by atoms with E-state index >= 15 is 0 Å². The zero-order valence-corrected chi connectivity index (χ0v) is 12.5. The summed E-state index contributed by atoms with van der Waals surface area (Å²) < 4.78 is 5.18. The molecule has 2 rings (SSSR count). The lowest BCUT2D eigenvalue weighted by atomic mass is 10.2. The number of nitrogens with zero attached hydrogens (tertiary/aromatic N) is 2. The summed E-state index contributed by atoms with van der Waals surface area (Å²) in [4.78, 5) is 12.8. The fourth-order valence-electron chi connectivity index (χ4n) is 2.45. The maximum absolute atomic E-state index is 11.4. The Morgan fingerprint density at radius 1 is 1.25 bits per heavy atom. The van der Waals surface area contributed by atoms with Crippen LogP contribution in [0.4, 0.5) is 0 Å². The van der Waals surface area contributed by atoms with Gasteiger partial charge in [-0.2, -0.15) is 0 Å². The van der Waals surface area contributed by atoms with E-state index in [2.05, 4.69) is 5.32 Å². The molecule has 0 amide bonds. The molecule has 0 aromatic carbocycles. The molecule has 1 N–H and O–H groups in total. The molecule has 2 aliphatic heterocycles. The highest BCUT2D eigenvalue weighted by atomic mass is 35.5. The topological polar surface area (TPSA) is 67.6 Å². The van der Waals surface area contributed by atoms with Crippen LogP contribution in [0.15, 0.2) is 21.8 Å². The SMILES string of the molecule is O=[N+]([O-])C(=C1NCCO1)C(=C(Cl)Cl)N1CCCCCC1. The summed E-state index contributed by atoms with van der Waals surface area (Å²) in [6.07, 6.45) is 4.17. The molecule has 0 bridgehead atoms. The Morgan fingerprint density at radius 3 is 2.35 bits per heavy atom. The van der Waals surface area contributed by atoms with Gasteiger partial charge >= 0.3 is 5.70 Å². The van der Waals surface area contributed by atoms with E-state index in [1.165, 1.54) is 0 Å². The fourth-order valence-corrected chi connectivity index (χ4v) is 2.87. The molecule has 2 heterocycles. The van der Waals surface area contributed by atoms with Gasteiger partial charge in [0.2, 0.25) is 0 Å². The highest BCUT2D eigenvalue weighted by Crippen LogP contribution is 2.30. The van der Waals surface area contributed by atoms with Crippen LogP contribution in [0, 0.1) is 10.1 Å². The second-order valence-electron chi connectivity index (χ2n) is 4.72. The van der Waals surface area contributed by atoms with Crippen LogP contribution in [0.2, 0.25) is 0 Å². The Morgan fingerprint density at radius 2 is 1.90 bits per heavy atom. The fraction of sp³-hybridized carbons (Fsp3) is 0.667. The van der Waals surface area contributed by atoms with Gasteiger partial charge in [0, 0.05) is 13.1 Å². The Bertz CT molecular complexity index is 431. The van der Waals surface area contributed by atoms with Crippen LogP contribution in [0.3, 0.4) is 0 Å². The van der Waals surface area contributed by atoms with E-state index in [0.717, 1.165) is 25.7 Å². The van der Waals surface area contributed by atoms with Crippen LogP contribution >= 0.6 is 23.2 Å². The summed E-state index contributed by atoms with van der Waals surface area (Å²) in [6.45, 7) is 2.37. The van der Waals surface area contributed by atoms with Crippen molar-refractivity contribution in [1.29, 1.82) is 0 Å². The first kappa shape index (κ1) is 15.3. The third kappa shape index (κ3) is 3.49. The average Bonchev–Trinajstić information content (AvgIpc) is 2.77. The molecular weight excluding hydrogens is 305 g/mol. The van der Waals surface area contributed by atoms with E-state index in [9.17, 15) is 10.1 Å². The normalized spacial score (nSPS) is 21.6. The Kier molecular flexibility index (Phi) is 5.37. The molecule has 0 aromatic heterocycles. The number of ether oxygens (including phenoxy) is 1. The van der Waals surface area contributed by atoms with Gasteiger partial charge in [0.25, 0.3) is 5.88 Å². The molecule has 0 aliphatic carbocycles. The van der Waals surface area contributed by atoms with E-state index in [-0.39, 0.29) is 21.8 Å². The van der Waals surface area contributed by atoms with Crippen molar-refractivity contribution < 1.29 is 9.66 Å². The summed E-state index contributed by atoms with van der Waals surface area (Å²) in [5.41, 5.74) is 0.0778.